The molecule has 1 aromatic rings. The highest BCUT2D eigenvalue weighted by Gasteiger charge is 2.38. The van der Waals surface area contributed by atoms with Gasteiger partial charge in [-0.3, -0.25) is 10.1 Å². The van der Waals surface area contributed by atoms with Crippen LogP contribution in [0.25, 0.3) is 0 Å². The fraction of sp³-hybridized carbons (Fsp3) is 0.588. The lowest BCUT2D eigenvalue weighted by Crippen LogP contribution is -2.34. The molecule has 116 valence electrons. The van der Waals surface area contributed by atoms with Crippen molar-refractivity contribution < 1.29 is 9.53 Å². The number of rotatable bonds is 7. The number of amides is 1. The third-order valence-corrected chi connectivity index (χ3v) is 3.87. The molecule has 0 radical (unpaired) electrons. The normalized spacial score (nSPS) is 22.0. The van der Waals surface area contributed by atoms with Crippen molar-refractivity contribution in [2.75, 3.05) is 19.8 Å². The Morgan fingerprint density at radius 2 is 2.14 bits per heavy atom. The minimum Gasteiger partial charge on any atom is -0.380 e. The number of nitrogens with zero attached hydrogens (tertiary/aromatic N) is 1. The summed E-state index contributed by atoms with van der Waals surface area (Å²) in [6.07, 6.45) is 1.85. The first-order chi connectivity index (χ1) is 10.2. The first-order valence-corrected chi connectivity index (χ1v) is 7.88. The number of ether oxygens (including phenoxy) is 1. The Hall–Kier alpha value is -1.39. The van der Waals surface area contributed by atoms with E-state index in [0.717, 1.165) is 18.4 Å². The molecule has 4 nitrogen and oxygen atoms in total. The maximum Gasteiger partial charge on any atom is 0.241 e. The first-order valence-electron chi connectivity index (χ1n) is 7.88. The van der Waals surface area contributed by atoms with E-state index in [1.165, 1.54) is 5.56 Å². The topological polar surface area (TPSA) is 41.6 Å². The van der Waals surface area contributed by atoms with Crippen LogP contribution in [0.2, 0.25) is 0 Å². The number of hydrogen-bond acceptors (Lipinski definition) is 3. The molecule has 21 heavy (non-hydrogen) atoms. The van der Waals surface area contributed by atoms with Gasteiger partial charge in [-0.1, -0.05) is 43.2 Å². The number of nitrogens with one attached hydrogen (secondary N) is 1. The van der Waals surface area contributed by atoms with Gasteiger partial charge in [0, 0.05) is 13.2 Å². The third kappa shape index (κ3) is 3.83. The summed E-state index contributed by atoms with van der Waals surface area (Å²) in [5.41, 5.74) is 2.36. The average molecular weight is 290 g/mol. The third-order valence-electron chi connectivity index (χ3n) is 3.87. The Morgan fingerprint density at radius 3 is 2.81 bits per heavy atom. The van der Waals surface area contributed by atoms with Crippen molar-refractivity contribution in [3.8, 4) is 0 Å². The summed E-state index contributed by atoms with van der Waals surface area (Å²) in [4.78, 5) is 14.5. The lowest BCUT2D eigenvalue weighted by molar-refractivity contribution is -0.131. The number of aryl methyl sites for hydroxylation is 1. The zero-order chi connectivity index (χ0) is 15.2. The van der Waals surface area contributed by atoms with Crippen LogP contribution in [0.15, 0.2) is 24.3 Å². The highest BCUT2D eigenvalue weighted by atomic mass is 16.5. The second-order valence-corrected chi connectivity index (χ2v) is 5.55. The van der Waals surface area contributed by atoms with E-state index in [1.54, 1.807) is 0 Å². The van der Waals surface area contributed by atoms with Crippen LogP contribution < -0.4 is 5.32 Å². The fourth-order valence-corrected chi connectivity index (χ4v) is 2.84. The molecule has 4 heteroatoms. The fourth-order valence-electron chi connectivity index (χ4n) is 2.84. The second kappa shape index (κ2) is 7.57. The SMILES string of the molecule is CCCC1NC(c2cccc(C)c2)N(CCOCC)C1=O. The van der Waals surface area contributed by atoms with E-state index in [1.807, 2.05) is 17.9 Å². The number of hydrogen-bond donors (Lipinski definition) is 1. The summed E-state index contributed by atoms with van der Waals surface area (Å²) >= 11 is 0. The van der Waals surface area contributed by atoms with Gasteiger partial charge in [-0.25, -0.2) is 0 Å². The van der Waals surface area contributed by atoms with Crippen molar-refractivity contribution in [2.24, 2.45) is 0 Å². The molecule has 1 heterocycles. The molecule has 1 saturated heterocycles. The van der Waals surface area contributed by atoms with Crippen LogP contribution in [-0.4, -0.2) is 36.6 Å². The van der Waals surface area contributed by atoms with Crippen LogP contribution in [-0.2, 0) is 9.53 Å². The van der Waals surface area contributed by atoms with Gasteiger partial charge in [-0.05, 0) is 25.8 Å². The van der Waals surface area contributed by atoms with E-state index in [-0.39, 0.29) is 18.1 Å². The van der Waals surface area contributed by atoms with E-state index in [4.69, 9.17) is 4.74 Å². The summed E-state index contributed by atoms with van der Waals surface area (Å²) in [6, 6.07) is 8.29. The first kappa shape index (κ1) is 16.0. The predicted molar refractivity (Wildman–Crippen MR) is 84.0 cm³/mol. The number of carbonyl (C=O) groups is 1. The van der Waals surface area contributed by atoms with Crippen LogP contribution in [0.3, 0.4) is 0 Å². The number of benzene rings is 1. The molecule has 2 atom stereocenters. The Bertz CT molecular complexity index is 476. The van der Waals surface area contributed by atoms with E-state index in [0.29, 0.717) is 19.8 Å². The molecule has 2 unspecified atom stereocenters. The maximum absolute atomic E-state index is 12.6. The summed E-state index contributed by atoms with van der Waals surface area (Å²) < 4.78 is 5.43. The maximum atomic E-state index is 12.6. The molecular formula is C17H26N2O2. The quantitative estimate of drug-likeness (QED) is 0.785. The Morgan fingerprint density at radius 1 is 1.33 bits per heavy atom. The van der Waals surface area contributed by atoms with Crippen molar-refractivity contribution >= 4 is 5.91 Å². The lowest BCUT2D eigenvalue weighted by atomic mass is 10.1. The van der Waals surface area contributed by atoms with Crippen molar-refractivity contribution in [3.05, 3.63) is 35.4 Å². The van der Waals surface area contributed by atoms with Gasteiger partial charge in [0.25, 0.3) is 0 Å². The largest absolute Gasteiger partial charge is 0.380 e. The van der Waals surface area contributed by atoms with Gasteiger partial charge in [0.2, 0.25) is 5.91 Å². The number of carbonyl (C=O) groups excluding carboxylic acids is 1. The predicted octanol–water partition coefficient (Wildman–Crippen LogP) is 2.63. The van der Waals surface area contributed by atoms with Gasteiger partial charge < -0.3 is 9.64 Å². The van der Waals surface area contributed by atoms with Gasteiger partial charge in [0.05, 0.1) is 12.6 Å². The Labute approximate surface area is 127 Å². The van der Waals surface area contributed by atoms with E-state index >= 15 is 0 Å². The highest BCUT2D eigenvalue weighted by molar-refractivity contribution is 5.84. The summed E-state index contributed by atoms with van der Waals surface area (Å²) in [7, 11) is 0. The van der Waals surface area contributed by atoms with Gasteiger partial charge in [-0.15, -0.1) is 0 Å². The summed E-state index contributed by atoms with van der Waals surface area (Å²) in [5.74, 6) is 0.197. The molecule has 1 aliphatic rings. The molecule has 1 amide bonds. The van der Waals surface area contributed by atoms with E-state index in [2.05, 4.69) is 37.4 Å². The molecule has 0 spiro atoms. The van der Waals surface area contributed by atoms with Crippen molar-refractivity contribution in [2.45, 2.75) is 45.8 Å². The molecule has 1 N–H and O–H groups in total. The Balaban J connectivity index is 2.16. The van der Waals surface area contributed by atoms with Gasteiger partial charge >= 0.3 is 0 Å². The van der Waals surface area contributed by atoms with Crippen LogP contribution in [0.5, 0.6) is 0 Å². The lowest BCUT2D eigenvalue weighted by Gasteiger charge is -2.24. The monoisotopic (exact) mass is 290 g/mol. The molecule has 0 bridgehead atoms. The zero-order valence-corrected chi connectivity index (χ0v) is 13.3. The van der Waals surface area contributed by atoms with Crippen LogP contribution in [0.1, 0.15) is 44.0 Å². The van der Waals surface area contributed by atoms with Crippen molar-refractivity contribution in [1.82, 2.24) is 10.2 Å². The minimum atomic E-state index is -0.0675. The van der Waals surface area contributed by atoms with Crippen molar-refractivity contribution in [1.29, 1.82) is 0 Å². The second-order valence-electron chi connectivity index (χ2n) is 5.55. The van der Waals surface area contributed by atoms with Gasteiger partial charge in [0.1, 0.15) is 6.17 Å². The van der Waals surface area contributed by atoms with Gasteiger partial charge in [0.15, 0.2) is 0 Å². The molecule has 0 aromatic heterocycles. The smallest absolute Gasteiger partial charge is 0.241 e. The van der Waals surface area contributed by atoms with Crippen LogP contribution in [0, 0.1) is 6.92 Å². The van der Waals surface area contributed by atoms with Gasteiger partial charge in [-0.2, -0.15) is 0 Å². The molecule has 1 aromatic carbocycles. The van der Waals surface area contributed by atoms with Crippen molar-refractivity contribution in [3.63, 3.8) is 0 Å². The molecule has 1 fully saturated rings. The Kier molecular flexibility index (Phi) is 5.76. The zero-order valence-electron chi connectivity index (χ0n) is 13.3. The minimum absolute atomic E-state index is 0.0330. The summed E-state index contributed by atoms with van der Waals surface area (Å²) in [5, 5.41) is 3.48. The van der Waals surface area contributed by atoms with E-state index in [9.17, 15) is 4.79 Å². The highest BCUT2D eigenvalue weighted by Crippen LogP contribution is 2.27. The average Bonchev–Trinajstić information content (AvgIpc) is 2.77. The molecule has 0 saturated carbocycles. The van der Waals surface area contributed by atoms with Crippen LogP contribution >= 0.6 is 0 Å². The van der Waals surface area contributed by atoms with Crippen LogP contribution in [0.4, 0.5) is 0 Å². The molecule has 0 aliphatic carbocycles. The summed E-state index contributed by atoms with van der Waals surface area (Å²) in [6.45, 7) is 8.07. The standard InChI is InChI=1S/C17H26N2O2/c1-4-7-15-17(20)19(10-11-21-5-2)16(18-15)14-9-6-8-13(3)12-14/h6,8-9,12,15-16,18H,4-5,7,10-11H2,1-3H3. The van der Waals surface area contributed by atoms with E-state index < -0.39 is 0 Å². The molecule has 1 aliphatic heterocycles. The molecular weight excluding hydrogens is 264 g/mol. The molecule has 2 rings (SSSR count).